The Labute approximate surface area is 193 Å². The summed E-state index contributed by atoms with van der Waals surface area (Å²) >= 11 is 0. The minimum Gasteiger partial charge on any atom is -0.388 e. The van der Waals surface area contributed by atoms with Crippen molar-refractivity contribution in [3.63, 3.8) is 0 Å². The van der Waals surface area contributed by atoms with Crippen molar-refractivity contribution in [2.75, 3.05) is 19.6 Å². The molecule has 1 N–H and O–H groups in total. The third-order valence-electron chi connectivity index (χ3n) is 7.61. The summed E-state index contributed by atoms with van der Waals surface area (Å²) in [6.45, 7) is 7.10. The van der Waals surface area contributed by atoms with Gasteiger partial charge >= 0.3 is 0 Å². The van der Waals surface area contributed by atoms with Crippen LogP contribution in [0.25, 0.3) is 0 Å². The van der Waals surface area contributed by atoms with Gasteiger partial charge in [0.25, 0.3) is 0 Å². The Kier molecular flexibility index (Phi) is 7.68. The predicted molar refractivity (Wildman–Crippen MR) is 132 cm³/mol. The number of hydrogen-bond acceptors (Lipinski definition) is 2. The highest BCUT2D eigenvalue weighted by atomic mass is 16.2. The van der Waals surface area contributed by atoms with Crippen LogP contribution >= 0.6 is 0 Å². The smallest absolute Gasteiger partial charge is 0.225 e. The van der Waals surface area contributed by atoms with E-state index in [-0.39, 0.29) is 11.3 Å². The van der Waals surface area contributed by atoms with Gasteiger partial charge in [0.05, 0.1) is 0 Å². The molecule has 1 heterocycles. The molecule has 1 amide bonds. The zero-order valence-electron chi connectivity index (χ0n) is 19.4. The van der Waals surface area contributed by atoms with Gasteiger partial charge in [0.1, 0.15) is 0 Å². The number of likely N-dealkylation sites (tertiary alicyclic amines) is 1. The summed E-state index contributed by atoms with van der Waals surface area (Å²) in [7, 11) is 0. The molecule has 0 unspecified atom stereocenters. The quantitative estimate of drug-likeness (QED) is 0.532. The van der Waals surface area contributed by atoms with Gasteiger partial charge < -0.3 is 10.2 Å². The number of rotatable bonds is 8. The summed E-state index contributed by atoms with van der Waals surface area (Å²) in [4.78, 5) is 15.2. The Hall–Kier alpha value is -2.55. The van der Waals surface area contributed by atoms with Crippen molar-refractivity contribution in [1.82, 2.24) is 10.2 Å². The van der Waals surface area contributed by atoms with E-state index in [1.807, 2.05) is 0 Å². The van der Waals surface area contributed by atoms with Crippen LogP contribution < -0.4 is 5.32 Å². The third-order valence-corrected chi connectivity index (χ3v) is 7.61. The fraction of sp³-hybridized carbons (Fsp3) is 0.483. The molecule has 1 saturated heterocycles. The van der Waals surface area contributed by atoms with Crippen molar-refractivity contribution in [3.05, 3.63) is 84.1 Å². The van der Waals surface area contributed by atoms with Crippen LogP contribution in [0.4, 0.5) is 0 Å². The lowest BCUT2D eigenvalue weighted by Crippen LogP contribution is -2.49. The van der Waals surface area contributed by atoms with Crippen molar-refractivity contribution in [3.8, 4) is 0 Å². The van der Waals surface area contributed by atoms with E-state index in [0.717, 1.165) is 63.9 Å². The number of nitrogens with zero attached hydrogens (tertiary/aromatic N) is 1. The van der Waals surface area contributed by atoms with Crippen LogP contribution in [0, 0.1) is 5.92 Å². The van der Waals surface area contributed by atoms with Gasteiger partial charge in [0.15, 0.2) is 0 Å². The normalized spacial score (nSPS) is 18.8. The van der Waals surface area contributed by atoms with Crippen LogP contribution in [0.5, 0.6) is 0 Å². The topological polar surface area (TPSA) is 32.3 Å². The number of carbonyl (C=O) groups excluding carboxylic acids is 1. The second kappa shape index (κ2) is 10.8. The molecule has 0 spiro atoms. The molecule has 2 fully saturated rings. The van der Waals surface area contributed by atoms with Crippen molar-refractivity contribution >= 4 is 5.91 Å². The van der Waals surface area contributed by atoms with E-state index < -0.39 is 0 Å². The lowest BCUT2D eigenvalue weighted by atomic mass is 9.70. The standard InChI is InChI=1S/C29H38N2O/c1-24(30-21-11-14-25-12-5-2-6-13-25)29(27-17-9-4-10-18-27)19-22-31(23-20-29)28(32)26-15-7-3-8-16-26/h2,4-6,9-10,12-13,17-18,26,30H,1,3,7-8,11,14-16,19-23H2. The molecule has 2 aliphatic rings. The Balaban J connectivity index is 1.38. The average molecular weight is 431 g/mol. The van der Waals surface area contributed by atoms with E-state index in [4.69, 9.17) is 0 Å². The zero-order chi connectivity index (χ0) is 22.2. The Morgan fingerprint density at radius 3 is 2.22 bits per heavy atom. The van der Waals surface area contributed by atoms with Crippen molar-refractivity contribution in [2.24, 2.45) is 5.92 Å². The molecular weight excluding hydrogens is 392 g/mol. The number of nitrogens with one attached hydrogen (secondary N) is 1. The molecule has 2 aromatic carbocycles. The largest absolute Gasteiger partial charge is 0.388 e. The summed E-state index contributed by atoms with van der Waals surface area (Å²) in [5.41, 5.74) is 3.72. The number of piperidine rings is 1. The average Bonchev–Trinajstić information content (AvgIpc) is 2.88. The van der Waals surface area contributed by atoms with Gasteiger partial charge in [-0.15, -0.1) is 0 Å². The molecule has 4 rings (SSSR count). The number of aryl methyl sites for hydroxylation is 1. The summed E-state index contributed by atoms with van der Waals surface area (Å²) in [5.74, 6) is 0.653. The molecule has 0 radical (unpaired) electrons. The number of allylic oxidation sites excluding steroid dienone is 1. The molecule has 0 bridgehead atoms. The maximum absolute atomic E-state index is 13.1. The lowest BCUT2D eigenvalue weighted by Gasteiger charge is -2.44. The molecule has 3 heteroatoms. The molecule has 2 aromatic rings. The van der Waals surface area contributed by atoms with Gasteiger partial charge in [-0.1, -0.05) is 86.5 Å². The molecule has 0 aromatic heterocycles. The van der Waals surface area contributed by atoms with Crippen molar-refractivity contribution in [1.29, 1.82) is 0 Å². The van der Waals surface area contributed by atoms with Crippen LogP contribution in [0.3, 0.4) is 0 Å². The van der Waals surface area contributed by atoms with Crippen LogP contribution in [0.2, 0.25) is 0 Å². The SMILES string of the molecule is C=C(NCCCc1ccccc1)C1(c2ccccc2)CCN(C(=O)C2CCCCC2)CC1. The monoisotopic (exact) mass is 430 g/mol. The molecule has 1 aliphatic heterocycles. The second-order valence-electron chi connectivity index (χ2n) is 9.60. The molecule has 32 heavy (non-hydrogen) atoms. The highest BCUT2D eigenvalue weighted by molar-refractivity contribution is 5.79. The number of amides is 1. The molecule has 3 nitrogen and oxygen atoms in total. The maximum Gasteiger partial charge on any atom is 0.225 e. The first-order valence-electron chi connectivity index (χ1n) is 12.5. The van der Waals surface area contributed by atoms with Gasteiger partial charge in [0, 0.05) is 36.7 Å². The summed E-state index contributed by atoms with van der Waals surface area (Å²) < 4.78 is 0. The first kappa shape index (κ1) is 22.6. The fourth-order valence-corrected chi connectivity index (χ4v) is 5.58. The number of carbonyl (C=O) groups is 1. The first-order valence-corrected chi connectivity index (χ1v) is 12.5. The van der Waals surface area contributed by atoms with Gasteiger partial charge in [-0.2, -0.15) is 0 Å². The molecule has 170 valence electrons. The maximum atomic E-state index is 13.1. The van der Waals surface area contributed by atoms with Crippen molar-refractivity contribution < 1.29 is 4.79 Å². The Morgan fingerprint density at radius 2 is 1.56 bits per heavy atom. The highest BCUT2D eigenvalue weighted by Crippen LogP contribution is 2.41. The first-order chi connectivity index (χ1) is 15.7. The van der Waals surface area contributed by atoms with Gasteiger partial charge in [0.2, 0.25) is 5.91 Å². The molecular formula is C29H38N2O. The summed E-state index contributed by atoms with van der Waals surface area (Å²) in [5, 5.41) is 3.67. The molecule has 0 atom stereocenters. The van der Waals surface area contributed by atoms with E-state index >= 15 is 0 Å². The minimum absolute atomic E-state index is 0.0998. The highest BCUT2D eigenvalue weighted by Gasteiger charge is 2.40. The predicted octanol–water partition coefficient (Wildman–Crippen LogP) is 5.86. The molecule has 1 aliphatic carbocycles. The Morgan fingerprint density at radius 1 is 0.938 bits per heavy atom. The van der Waals surface area contributed by atoms with Crippen LogP contribution in [0.15, 0.2) is 72.9 Å². The van der Waals surface area contributed by atoms with Crippen LogP contribution in [-0.4, -0.2) is 30.4 Å². The molecule has 1 saturated carbocycles. The summed E-state index contributed by atoms with van der Waals surface area (Å²) in [6, 6.07) is 21.5. The minimum atomic E-state index is -0.0998. The lowest BCUT2D eigenvalue weighted by molar-refractivity contribution is -0.138. The van der Waals surface area contributed by atoms with Crippen LogP contribution in [0.1, 0.15) is 62.5 Å². The van der Waals surface area contributed by atoms with Gasteiger partial charge in [-0.25, -0.2) is 0 Å². The van der Waals surface area contributed by atoms with E-state index in [1.54, 1.807) is 0 Å². The van der Waals surface area contributed by atoms with E-state index in [2.05, 4.69) is 77.5 Å². The zero-order valence-corrected chi connectivity index (χ0v) is 19.4. The number of benzene rings is 2. The second-order valence-corrected chi connectivity index (χ2v) is 9.60. The Bertz CT molecular complexity index is 863. The number of hydrogen-bond donors (Lipinski definition) is 1. The summed E-state index contributed by atoms with van der Waals surface area (Å²) in [6.07, 6.45) is 9.91. The van der Waals surface area contributed by atoms with E-state index in [1.165, 1.54) is 30.4 Å². The van der Waals surface area contributed by atoms with Gasteiger partial charge in [-0.3, -0.25) is 4.79 Å². The van der Waals surface area contributed by atoms with E-state index in [0.29, 0.717) is 5.91 Å². The van der Waals surface area contributed by atoms with Crippen LogP contribution in [-0.2, 0) is 16.6 Å². The van der Waals surface area contributed by atoms with E-state index in [9.17, 15) is 4.79 Å². The fourth-order valence-electron chi connectivity index (χ4n) is 5.58. The third kappa shape index (κ3) is 5.26. The van der Waals surface area contributed by atoms with Crippen molar-refractivity contribution in [2.45, 2.75) is 63.2 Å². The van der Waals surface area contributed by atoms with Gasteiger partial charge in [-0.05, 0) is 49.7 Å².